The number of nitrogens with zero attached hydrogens (tertiary/aromatic N) is 2. The van der Waals surface area contributed by atoms with Crippen LogP contribution in [0.15, 0.2) is 11.0 Å². The van der Waals surface area contributed by atoms with Gasteiger partial charge in [-0.05, 0) is 6.42 Å². The number of hydrogen-bond acceptors (Lipinski definition) is 3. The number of hydrogen-bond donors (Lipinski definition) is 1. The summed E-state index contributed by atoms with van der Waals surface area (Å²) in [6.07, 6.45) is 2.84. The Balaban J connectivity index is 3.31. The first-order chi connectivity index (χ1) is 6.56. The fraction of sp³-hybridized carbons (Fsp3) is 0.444. The van der Waals surface area contributed by atoms with Crippen molar-refractivity contribution in [3.8, 4) is 0 Å². The Hall–Kier alpha value is -1.65. The second-order valence-electron chi connectivity index (χ2n) is 3.11. The van der Waals surface area contributed by atoms with Crippen molar-refractivity contribution in [3.05, 3.63) is 27.9 Å². The Labute approximate surface area is 81.6 Å². The summed E-state index contributed by atoms with van der Waals surface area (Å²) in [5, 5.41) is 0. The third-order valence-corrected chi connectivity index (χ3v) is 1.92. The van der Waals surface area contributed by atoms with Crippen molar-refractivity contribution in [2.24, 2.45) is 12.8 Å². The summed E-state index contributed by atoms with van der Waals surface area (Å²) in [5.41, 5.74) is 5.62. The maximum atomic E-state index is 11.2. The molecule has 1 heterocycles. The van der Waals surface area contributed by atoms with E-state index in [1.807, 2.05) is 6.92 Å². The summed E-state index contributed by atoms with van der Waals surface area (Å²) in [5.74, 6) is -0.545. The van der Waals surface area contributed by atoms with Crippen molar-refractivity contribution in [1.82, 2.24) is 9.55 Å². The number of nitrogens with two attached hydrogens (primary N) is 1. The highest BCUT2D eigenvalue weighted by atomic mass is 16.1. The van der Waals surface area contributed by atoms with Gasteiger partial charge in [0.2, 0.25) is 0 Å². The predicted molar refractivity (Wildman–Crippen MR) is 52.0 cm³/mol. The summed E-state index contributed by atoms with van der Waals surface area (Å²) in [6, 6.07) is 0. The molecule has 0 aromatic carbocycles. The Morgan fingerprint density at radius 2 is 2.29 bits per heavy atom. The van der Waals surface area contributed by atoms with Crippen molar-refractivity contribution >= 4 is 5.91 Å². The molecular weight excluding hydrogens is 182 g/mol. The second kappa shape index (κ2) is 4.04. The van der Waals surface area contributed by atoms with E-state index in [2.05, 4.69) is 4.98 Å². The fourth-order valence-electron chi connectivity index (χ4n) is 1.21. The highest BCUT2D eigenvalue weighted by Gasteiger charge is 2.10. The van der Waals surface area contributed by atoms with E-state index in [4.69, 9.17) is 5.73 Å². The van der Waals surface area contributed by atoms with Crippen LogP contribution in [0.4, 0.5) is 0 Å². The van der Waals surface area contributed by atoms with Crippen molar-refractivity contribution < 1.29 is 4.79 Å². The van der Waals surface area contributed by atoms with Gasteiger partial charge in [0.25, 0.3) is 5.91 Å². The highest BCUT2D eigenvalue weighted by Crippen LogP contribution is 2.04. The van der Waals surface area contributed by atoms with Crippen LogP contribution in [-0.4, -0.2) is 15.5 Å². The molecule has 14 heavy (non-hydrogen) atoms. The molecule has 1 amide bonds. The van der Waals surface area contributed by atoms with Gasteiger partial charge in [0.1, 0.15) is 0 Å². The molecule has 0 saturated carbocycles. The topological polar surface area (TPSA) is 78.0 Å². The molecule has 0 radical (unpaired) electrons. The Morgan fingerprint density at radius 3 is 2.79 bits per heavy atom. The minimum atomic E-state index is -0.545. The monoisotopic (exact) mass is 195 g/mol. The second-order valence-corrected chi connectivity index (χ2v) is 3.11. The summed E-state index contributed by atoms with van der Waals surface area (Å²) < 4.78 is 1.25. The molecule has 76 valence electrons. The smallest absolute Gasteiger partial charge is 0.347 e. The van der Waals surface area contributed by atoms with Crippen molar-refractivity contribution in [3.63, 3.8) is 0 Å². The lowest BCUT2D eigenvalue weighted by molar-refractivity contribution is 0.0998. The molecule has 0 fully saturated rings. The van der Waals surface area contributed by atoms with Crippen molar-refractivity contribution in [2.75, 3.05) is 0 Å². The van der Waals surface area contributed by atoms with Crippen LogP contribution in [0.1, 0.15) is 29.4 Å². The molecule has 0 aliphatic heterocycles. The molecule has 5 nitrogen and oxygen atoms in total. The molecule has 0 atom stereocenters. The lowest BCUT2D eigenvalue weighted by Gasteiger charge is -2.05. The quantitative estimate of drug-likeness (QED) is 0.727. The third-order valence-electron chi connectivity index (χ3n) is 1.92. The summed E-state index contributed by atoms with van der Waals surface area (Å²) in [6.45, 7) is 1.95. The first-order valence-electron chi connectivity index (χ1n) is 4.42. The maximum absolute atomic E-state index is 11.2. The van der Waals surface area contributed by atoms with Gasteiger partial charge in [0.15, 0.2) is 0 Å². The molecule has 5 heteroatoms. The van der Waals surface area contributed by atoms with Crippen LogP contribution in [0.25, 0.3) is 0 Å². The van der Waals surface area contributed by atoms with E-state index in [-0.39, 0.29) is 5.69 Å². The van der Waals surface area contributed by atoms with Gasteiger partial charge in [-0.25, -0.2) is 4.79 Å². The number of aryl methyl sites for hydroxylation is 2. The van der Waals surface area contributed by atoms with E-state index in [0.29, 0.717) is 17.7 Å². The standard InChI is InChI=1S/C9H13N3O2/c1-3-4-7-6(8(10)13)5-12(2)9(14)11-7/h5H,3-4H2,1-2H3,(H2,10,13). The molecule has 0 aliphatic carbocycles. The van der Waals surface area contributed by atoms with Crippen LogP contribution in [0, 0.1) is 0 Å². The van der Waals surface area contributed by atoms with Crippen LogP contribution >= 0.6 is 0 Å². The molecule has 0 spiro atoms. The van der Waals surface area contributed by atoms with Gasteiger partial charge in [-0.3, -0.25) is 4.79 Å². The van der Waals surface area contributed by atoms with Gasteiger partial charge in [-0.1, -0.05) is 13.3 Å². The fourth-order valence-corrected chi connectivity index (χ4v) is 1.21. The van der Waals surface area contributed by atoms with Gasteiger partial charge in [0.05, 0.1) is 11.3 Å². The number of carbonyl (C=O) groups excluding carboxylic acids is 1. The minimum absolute atomic E-state index is 0.328. The molecule has 1 aromatic rings. The van der Waals surface area contributed by atoms with Crippen LogP contribution in [0.5, 0.6) is 0 Å². The zero-order valence-corrected chi connectivity index (χ0v) is 8.28. The van der Waals surface area contributed by atoms with Gasteiger partial charge in [0, 0.05) is 13.2 Å². The molecule has 2 N–H and O–H groups in total. The van der Waals surface area contributed by atoms with Crippen molar-refractivity contribution in [1.29, 1.82) is 0 Å². The first kappa shape index (κ1) is 10.4. The van der Waals surface area contributed by atoms with Gasteiger partial charge >= 0.3 is 5.69 Å². The van der Waals surface area contributed by atoms with Crippen LogP contribution in [-0.2, 0) is 13.5 Å². The molecular formula is C9H13N3O2. The van der Waals surface area contributed by atoms with Gasteiger partial charge in [-0.2, -0.15) is 4.98 Å². The van der Waals surface area contributed by atoms with E-state index in [9.17, 15) is 9.59 Å². The predicted octanol–water partition coefficient (Wildman–Crippen LogP) is -0.168. The Morgan fingerprint density at radius 1 is 1.64 bits per heavy atom. The van der Waals surface area contributed by atoms with Crippen LogP contribution in [0.3, 0.4) is 0 Å². The molecule has 0 saturated heterocycles. The number of rotatable bonds is 3. The van der Waals surface area contributed by atoms with Crippen LogP contribution < -0.4 is 11.4 Å². The number of carbonyl (C=O) groups is 1. The lowest BCUT2D eigenvalue weighted by atomic mass is 10.1. The summed E-state index contributed by atoms with van der Waals surface area (Å²) in [7, 11) is 1.54. The molecule has 0 aliphatic rings. The Bertz CT molecular complexity index is 409. The lowest BCUT2D eigenvalue weighted by Crippen LogP contribution is -2.26. The van der Waals surface area contributed by atoms with E-state index in [1.165, 1.54) is 17.8 Å². The SMILES string of the molecule is CCCc1nc(=O)n(C)cc1C(N)=O. The molecule has 1 rings (SSSR count). The third kappa shape index (κ3) is 1.99. The largest absolute Gasteiger partial charge is 0.365 e. The molecule has 1 aromatic heterocycles. The number of amides is 1. The minimum Gasteiger partial charge on any atom is -0.365 e. The van der Waals surface area contributed by atoms with E-state index in [1.54, 1.807) is 0 Å². The van der Waals surface area contributed by atoms with Gasteiger partial charge in [-0.15, -0.1) is 0 Å². The van der Waals surface area contributed by atoms with Crippen LogP contribution in [0.2, 0.25) is 0 Å². The van der Waals surface area contributed by atoms with E-state index in [0.717, 1.165) is 6.42 Å². The number of primary amides is 1. The van der Waals surface area contributed by atoms with E-state index >= 15 is 0 Å². The zero-order valence-electron chi connectivity index (χ0n) is 8.28. The van der Waals surface area contributed by atoms with Gasteiger partial charge < -0.3 is 10.3 Å². The molecule has 0 bridgehead atoms. The number of aromatic nitrogens is 2. The maximum Gasteiger partial charge on any atom is 0.347 e. The summed E-state index contributed by atoms with van der Waals surface area (Å²) >= 11 is 0. The normalized spacial score (nSPS) is 10.1. The first-order valence-corrected chi connectivity index (χ1v) is 4.42. The van der Waals surface area contributed by atoms with E-state index < -0.39 is 5.91 Å². The highest BCUT2D eigenvalue weighted by molar-refractivity contribution is 5.93. The Kier molecular flexibility index (Phi) is 3.01. The average molecular weight is 195 g/mol. The average Bonchev–Trinajstić information content (AvgIpc) is 2.11. The summed E-state index contributed by atoms with van der Waals surface area (Å²) in [4.78, 5) is 26.0. The molecule has 0 unspecified atom stereocenters. The zero-order chi connectivity index (χ0) is 10.7. The van der Waals surface area contributed by atoms with Crippen molar-refractivity contribution in [2.45, 2.75) is 19.8 Å².